The van der Waals surface area contributed by atoms with Crippen LogP contribution in [0.25, 0.3) is 0 Å². The normalized spacial score (nSPS) is 27.8. The van der Waals surface area contributed by atoms with Crippen LogP contribution in [0.4, 0.5) is 8.78 Å². The molecule has 3 nitrogen and oxygen atoms in total. The van der Waals surface area contributed by atoms with E-state index in [0.29, 0.717) is 35.3 Å². The molecule has 1 fully saturated rings. The largest absolute Gasteiger partial charge is 0.489 e. The van der Waals surface area contributed by atoms with Crippen LogP contribution < -0.4 is 15.2 Å². The van der Waals surface area contributed by atoms with Crippen LogP contribution in [0.1, 0.15) is 18.4 Å². The van der Waals surface area contributed by atoms with Gasteiger partial charge in [-0.3, -0.25) is 0 Å². The maximum atomic E-state index is 13.6. The molecule has 1 aliphatic heterocycles. The van der Waals surface area contributed by atoms with Gasteiger partial charge in [-0.25, -0.2) is 8.78 Å². The van der Waals surface area contributed by atoms with Crippen molar-refractivity contribution in [2.75, 3.05) is 19.8 Å². The maximum absolute atomic E-state index is 13.6. The number of hydrogen-bond donors (Lipinski definition) is 1. The Bertz CT molecular complexity index is 524. The Kier molecular flexibility index (Phi) is 2.87. The molecule has 1 aromatic carbocycles. The molecule has 1 aromatic rings. The van der Waals surface area contributed by atoms with Gasteiger partial charge in [0.2, 0.25) is 0 Å². The number of benzene rings is 1. The average molecular weight is 290 g/mol. The van der Waals surface area contributed by atoms with Gasteiger partial charge in [0.1, 0.15) is 0 Å². The minimum Gasteiger partial charge on any atom is -0.489 e. The number of rotatable bonds is 2. The van der Waals surface area contributed by atoms with Crippen LogP contribution in [0.2, 0.25) is 5.02 Å². The van der Waals surface area contributed by atoms with Crippen molar-refractivity contribution in [3.63, 3.8) is 0 Å². The number of hydrogen-bond acceptors (Lipinski definition) is 3. The molecule has 1 aliphatic carbocycles. The highest BCUT2D eigenvalue weighted by Crippen LogP contribution is 2.62. The fourth-order valence-electron chi connectivity index (χ4n) is 2.49. The molecule has 0 spiro atoms. The van der Waals surface area contributed by atoms with Gasteiger partial charge in [-0.15, -0.1) is 0 Å². The van der Waals surface area contributed by atoms with Crippen LogP contribution in [-0.4, -0.2) is 25.7 Å². The summed E-state index contributed by atoms with van der Waals surface area (Å²) >= 11 is 6.11. The molecule has 1 heterocycles. The average Bonchev–Trinajstić information content (AvgIpc) is 3.01. The molecule has 104 valence electrons. The third-order valence-electron chi connectivity index (χ3n) is 3.80. The van der Waals surface area contributed by atoms with E-state index >= 15 is 0 Å². The summed E-state index contributed by atoms with van der Waals surface area (Å²) in [5.41, 5.74) is 4.66. The zero-order chi connectivity index (χ0) is 13.7. The molecular formula is C13H14ClF2NO2. The van der Waals surface area contributed by atoms with Crippen molar-refractivity contribution in [2.24, 2.45) is 5.73 Å². The third kappa shape index (κ3) is 1.87. The van der Waals surface area contributed by atoms with Gasteiger partial charge < -0.3 is 15.2 Å². The zero-order valence-corrected chi connectivity index (χ0v) is 11.0. The summed E-state index contributed by atoms with van der Waals surface area (Å²) in [6.07, 6.45) is 0.491. The number of nitrogens with two attached hydrogens (primary N) is 1. The first-order valence-electron chi connectivity index (χ1n) is 6.18. The molecule has 1 atom stereocenters. The predicted octanol–water partition coefficient (Wildman–Crippen LogP) is 2.74. The van der Waals surface area contributed by atoms with Gasteiger partial charge in [-0.05, 0) is 17.7 Å². The van der Waals surface area contributed by atoms with E-state index in [9.17, 15) is 8.78 Å². The lowest BCUT2D eigenvalue weighted by atomic mass is 9.95. The van der Waals surface area contributed by atoms with Crippen molar-refractivity contribution in [3.8, 4) is 11.5 Å². The quantitative estimate of drug-likeness (QED) is 0.910. The number of alkyl halides is 2. The van der Waals surface area contributed by atoms with Gasteiger partial charge in [0.25, 0.3) is 5.92 Å². The molecular weight excluding hydrogens is 276 g/mol. The minimum absolute atomic E-state index is 0.115. The Labute approximate surface area is 114 Å². The Morgan fingerprint density at radius 3 is 2.58 bits per heavy atom. The number of fused-ring (bicyclic) bond motifs is 1. The molecule has 2 aliphatic rings. The first-order valence-corrected chi connectivity index (χ1v) is 6.55. The molecule has 0 amide bonds. The van der Waals surface area contributed by atoms with Gasteiger partial charge >= 0.3 is 0 Å². The van der Waals surface area contributed by atoms with Crippen molar-refractivity contribution < 1.29 is 18.3 Å². The van der Waals surface area contributed by atoms with Gasteiger partial charge in [0, 0.05) is 19.4 Å². The SMILES string of the molecule is NCC1(c2cc(Cl)c3c(c2)OCCCO3)CC1(F)F. The highest BCUT2D eigenvalue weighted by Gasteiger charge is 2.71. The van der Waals surface area contributed by atoms with E-state index in [-0.39, 0.29) is 13.0 Å². The lowest BCUT2D eigenvalue weighted by Crippen LogP contribution is -2.26. The highest BCUT2D eigenvalue weighted by atomic mass is 35.5. The molecule has 0 bridgehead atoms. The fourth-order valence-corrected chi connectivity index (χ4v) is 2.76. The maximum Gasteiger partial charge on any atom is 0.260 e. The van der Waals surface area contributed by atoms with E-state index in [4.69, 9.17) is 26.8 Å². The second-order valence-corrected chi connectivity index (χ2v) is 5.41. The number of halogens is 3. The Morgan fingerprint density at radius 2 is 1.95 bits per heavy atom. The molecule has 0 radical (unpaired) electrons. The Morgan fingerprint density at radius 1 is 1.26 bits per heavy atom. The summed E-state index contributed by atoms with van der Waals surface area (Å²) < 4.78 is 38.2. The molecule has 6 heteroatoms. The number of ether oxygens (including phenoxy) is 2. The van der Waals surface area contributed by atoms with Crippen LogP contribution in [-0.2, 0) is 5.41 Å². The van der Waals surface area contributed by atoms with Crippen molar-refractivity contribution in [1.82, 2.24) is 0 Å². The summed E-state index contributed by atoms with van der Waals surface area (Å²) in [5, 5.41) is 0.296. The topological polar surface area (TPSA) is 44.5 Å². The Hall–Kier alpha value is -1.07. The molecule has 1 saturated carbocycles. The van der Waals surface area contributed by atoms with Crippen molar-refractivity contribution >= 4 is 11.6 Å². The minimum atomic E-state index is -2.77. The standard InChI is InChI=1S/C13H14ClF2NO2/c14-9-4-8(12(7-17)6-13(12,15)16)5-10-11(9)19-3-1-2-18-10/h4-5H,1-3,6-7,17H2. The summed E-state index contributed by atoms with van der Waals surface area (Å²) in [6, 6.07) is 3.10. The monoisotopic (exact) mass is 289 g/mol. The first kappa shape index (κ1) is 12.9. The summed E-state index contributed by atoms with van der Waals surface area (Å²) in [5.74, 6) is -1.92. The van der Waals surface area contributed by atoms with Gasteiger partial charge in [-0.1, -0.05) is 11.6 Å². The van der Waals surface area contributed by atoms with Crippen molar-refractivity contribution in [2.45, 2.75) is 24.2 Å². The van der Waals surface area contributed by atoms with Gasteiger partial charge in [0.05, 0.1) is 23.7 Å². The van der Waals surface area contributed by atoms with E-state index in [0.717, 1.165) is 6.42 Å². The molecule has 3 rings (SSSR count). The molecule has 1 unspecified atom stereocenters. The molecule has 0 aromatic heterocycles. The van der Waals surface area contributed by atoms with E-state index in [1.54, 1.807) is 6.07 Å². The summed E-state index contributed by atoms with van der Waals surface area (Å²) in [7, 11) is 0. The van der Waals surface area contributed by atoms with E-state index < -0.39 is 11.3 Å². The lowest BCUT2D eigenvalue weighted by molar-refractivity contribution is 0.0895. The predicted molar refractivity (Wildman–Crippen MR) is 67.4 cm³/mol. The summed E-state index contributed by atoms with van der Waals surface area (Å²) in [6.45, 7) is 0.874. The molecule has 2 N–H and O–H groups in total. The molecule has 19 heavy (non-hydrogen) atoms. The van der Waals surface area contributed by atoms with E-state index in [1.165, 1.54) is 6.07 Å². The van der Waals surface area contributed by atoms with Crippen molar-refractivity contribution in [3.05, 3.63) is 22.7 Å². The summed E-state index contributed by atoms with van der Waals surface area (Å²) in [4.78, 5) is 0. The third-order valence-corrected chi connectivity index (χ3v) is 4.08. The smallest absolute Gasteiger partial charge is 0.260 e. The lowest BCUT2D eigenvalue weighted by Gasteiger charge is -2.18. The highest BCUT2D eigenvalue weighted by molar-refractivity contribution is 6.32. The fraction of sp³-hybridized carbons (Fsp3) is 0.538. The first-order chi connectivity index (χ1) is 9.00. The van der Waals surface area contributed by atoms with E-state index in [1.807, 2.05) is 0 Å². The van der Waals surface area contributed by atoms with Crippen LogP contribution >= 0.6 is 11.6 Å². The van der Waals surface area contributed by atoms with Crippen LogP contribution in [0.15, 0.2) is 12.1 Å². The van der Waals surface area contributed by atoms with Crippen LogP contribution in [0.3, 0.4) is 0 Å². The van der Waals surface area contributed by atoms with E-state index in [2.05, 4.69) is 0 Å². The zero-order valence-electron chi connectivity index (χ0n) is 10.2. The van der Waals surface area contributed by atoms with Gasteiger partial charge in [0.15, 0.2) is 11.5 Å². The second kappa shape index (κ2) is 4.21. The van der Waals surface area contributed by atoms with Crippen molar-refractivity contribution in [1.29, 1.82) is 0 Å². The van der Waals surface area contributed by atoms with Crippen LogP contribution in [0, 0.1) is 0 Å². The van der Waals surface area contributed by atoms with Gasteiger partial charge in [-0.2, -0.15) is 0 Å². The van der Waals surface area contributed by atoms with Crippen LogP contribution in [0.5, 0.6) is 11.5 Å². The Balaban J connectivity index is 2.05. The molecule has 0 saturated heterocycles. The second-order valence-electron chi connectivity index (χ2n) is 5.00.